The van der Waals surface area contributed by atoms with Gasteiger partial charge in [-0.25, -0.2) is 9.80 Å². The zero-order valence-electron chi connectivity index (χ0n) is 21.1. The predicted octanol–water partition coefficient (Wildman–Crippen LogP) is 4.42. The summed E-state index contributed by atoms with van der Waals surface area (Å²) < 4.78 is 34.4. The van der Waals surface area contributed by atoms with Crippen LogP contribution in [0.2, 0.25) is 0 Å². The number of fused-ring (bicyclic) bond motifs is 4. The van der Waals surface area contributed by atoms with Crippen LogP contribution in [0.1, 0.15) is 45.7 Å². The van der Waals surface area contributed by atoms with E-state index >= 15 is 0 Å². The Morgan fingerprint density at radius 2 is 1.74 bits per heavy atom. The summed E-state index contributed by atoms with van der Waals surface area (Å²) in [5.41, 5.74) is 2.92. The number of carboxylic acids is 1. The number of para-hydroxylation sites is 1. The third kappa shape index (κ3) is 3.71. The van der Waals surface area contributed by atoms with E-state index in [2.05, 4.69) is 0 Å². The van der Waals surface area contributed by atoms with Gasteiger partial charge in [-0.3, -0.25) is 0 Å². The van der Waals surface area contributed by atoms with Crippen molar-refractivity contribution in [2.24, 2.45) is 5.10 Å². The number of hydrogen-bond acceptors (Lipinski definition) is 9. The number of benzene rings is 3. The molecular weight excluding hydrogens is 492 g/mol. The molecule has 0 aromatic heterocycles. The topological polar surface area (TPSA) is 108 Å². The highest BCUT2D eigenvalue weighted by molar-refractivity contribution is 6.02. The first-order chi connectivity index (χ1) is 18.5. The third-order valence-electron chi connectivity index (χ3n) is 6.93. The van der Waals surface area contributed by atoms with Gasteiger partial charge in [0.25, 0.3) is 0 Å². The molecule has 2 atom stereocenters. The molecule has 38 heavy (non-hydrogen) atoms. The second kappa shape index (κ2) is 9.37. The lowest BCUT2D eigenvalue weighted by Crippen LogP contribution is -2.35. The molecule has 0 saturated carbocycles. The van der Waals surface area contributed by atoms with E-state index in [-0.39, 0.29) is 17.4 Å². The molecule has 196 valence electrons. The Hall–Kier alpha value is -4.60. The normalized spacial score (nSPS) is 19.0. The van der Waals surface area contributed by atoms with Crippen LogP contribution in [-0.2, 0) is 0 Å². The van der Waals surface area contributed by atoms with Gasteiger partial charge in [-0.1, -0.05) is 12.1 Å². The molecule has 3 aromatic carbocycles. The van der Waals surface area contributed by atoms with Gasteiger partial charge < -0.3 is 33.5 Å². The minimum absolute atomic E-state index is 0.0584. The summed E-state index contributed by atoms with van der Waals surface area (Å²) in [6.07, 6.45) is -0.306. The van der Waals surface area contributed by atoms with Crippen molar-refractivity contribution in [2.45, 2.75) is 18.7 Å². The van der Waals surface area contributed by atoms with Gasteiger partial charge in [-0.2, -0.15) is 5.10 Å². The Morgan fingerprint density at radius 3 is 2.47 bits per heavy atom. The number of carboxylic acid groups (broad SMARTS) is 1. The lowest BCUT2D eigenvalue weighted by atomic mass is 9.94. The van der Waals surface area contributed by atoms with Crippen LogP contribution in [0.15, 0.2) is 53.6 Å². The number of aromatic carboxylic acids is 1. The van der Waals surface area contributed by atoms with Crippen LogP contribution in [0.4, 0.5) is 0 Å². The molecule has 0 aliphatic carbocycles. The number of hydrazone groups is 1. The molecule has 0 amide bonds. The predicted molar refractivity (Wildman–Crippen MR) is 136 cm³/mol. The highest BCUT2D eigenvalue weighted by Crippen LogP contribution is 2.52. The van der Waals surface area contributed by atoms with E-state index in [0.717, 1.165) is 16.8 Å². The number of carbonyl (C=O) groups is 1. The van der Waals surface area contributed by atoms with Gasteiger partial charge >= 0.3 is 5.97 Å². The van der Waals surface area contributed by atoms with Gasteiger partial charge in [0.15, 0.2) is 34.5 Å². The van der Waals surface area contributed by atoms with Crippen molar-refractivity contribution in [3.63, 3.8) is 0 Å². The van der Waals surface area contributed by atoms with Crippen molar-refractivity contribution >= 4 is 11.7 Å². The first-order valence-corrected chi connectivity index (χ1v) is 12.1. The smallest absolute Gasteiger partial charge is 0.340 e. The molecule has 0 radical (unpaired) electrons. The van der Waals surface area contributed by atoms with Crippen LogP contribution in [-0.4, -0.2) is 56.3 Å². The SMILES string of the molecule is COc1cccc2c1O[C@H](c1ccc(OC)c(OC)c1C(=O)O)N1N=C(c3ccc4c(c3)OCCO4)C[C@@H]21. The third-order valence-corrected chi connectivity index (χ3v) is 6.93. The van der Waals surface area contributed by atoms with Gasteiger partial charge in [0, 0.05) is 23.1 Å². The molecule has 6 rings (SSSR count). The fourth-order valence-corrected chi connectivity index (χ4v) is 5.22. The first kappa shape index (κ1) is 23.8. The Bertz CT molecular complexity index is 1450. The summed E-state index contributed by atoms with van der Waals surface area (Å²) in [5.74, 6) is 1.72. The number of methoxy groups -OCH3 is 3. The molecule has 3 heterocycles. The van der Waals surface area contributed by atoms with E-state index in [0.29, 0.717) is 53.9 Å². The molecule has 3 aliphatic rings. The van der Waals surface area contributed by atoms with E-state index in [1.165, 1.54) is 14.2 Å². The number of rotatable bonds is 6. The molecule has 0 unspecified atom stereocenters. The second-order valence-electron chi connectivity index (χ2n) is 8.92. The van der Waals surface area contributed by atoms with Crippen molar-refractivity contribution in [3.8, 4) is 34.5 Å². The van der Waals surface area contributed by atoms with Crippen molar-refractivity contribution < 1.29 is 38.3 Å². The molecule has 3 aliphatic heterocycles. The Balaban J connectivity index is 1.50. The molecule has 10 nitrogen and oxygen atoms in total. The zero-order valence-corrected chi connectivity index (χ0v) is 21.1. The van der Waals surface area contributed by atoms with Crippen LogP contribution in [0.25, 0.3) is 0 Å². The average Bonchev–Trinajstić information content (AvgIpc) is 3.41. The maximum atomic E-state index is 12.5. The largest absolute Gasteiger partial charge is 0.493 e. The fraction of sp³-hybridized carbons (Fsp3) is 0.286. The average molecular weight is 519 g/mol. The Kier molecular flexibility index (Phi) is 5.86. The van der Waals surface area contributed by atoms with E-state index in [9.17, 15) is 9.90 Å². The summed E-state index contributed by atoms with van der Waals surface area (Å²) in [5, 5.41) is 17.0. The van der Waals surface area contributed by atoms with Crippen molar-refractivity contribution in [1.82, 2.24) is 5.01 Å². The summed E-state index contributed by atoms with van der Waals surface area (Å²) in [7, 11) is 4.44. The minimum atomic E-state index is -1.17. The number of nitrogens with zero attached hydrogens (tertiary/aromatic N) is 2. The van der Waals surface area contributed by atoms with Crippen molar-refractivity contribution in [2.75, 3.05) is 34.5 Å². The maximum absolute atomic E-state index is 12.5. The van der Waals surface area contributed by atoms with E-state index in [1.54, 1.807) is 19.2 Å². The molecule has 0 fully saturated rings. The van der Waals surface area contributed by atoms with E-state index in [1.807, 2.05) is 41.4 Å². The summed E-state index contributed by atoms with van der Waals surface area (Å²) in [4.78, 5) is 12.5. The highest BCUT2D eigenvalue weighted by Gasteiger charge is 2.44. The summed E-state index contributed by atoms with van der Waals surface area (Å²) in [6.45, 7) is 0.996. The Morgan fingerprint density at radius 1 is 0.947 bits per heavy atom. The van der Waals surface area contributed by atoms with Crippen LogP contribution < -0.4 is 28.4 Å². The molecular formula is C28H26N2O8. The van der Waals surface area contributed by atoms with Crippen LogP contribution in [0.3, 0.4) is 0 Å². The minimum Gasteiger partial charge on any atom is -0.493 e. The Labute approximate surface area is 218 Å². The molecule has 1 N–H and O–H groups in total. The monoisotopic (exact) mass is 518 g/mol. The molecule has 0 bridgehead atoms. The van der Waals surface area contributed by atoms with Gasteiger partial charge in [-0.05, 0) is 36.4 Å². The first-order valence-electron chi connectivity index (χ1n) is 12.1. The van der Waals surface area contributed by atoms with Crippen LogP contribution in [0.5, 0.6) is 34.5 Å². The van der Waals surface area contributed by atoms with Gasteiger partial charge in [-0.15, -0.1) is 0 Å². The standard InChI is InChI=1S/C28H26N2O8/c1-33-21-6-4-5-16-19-14-18(15-7-9-20-23(13-15)37-12-11-36-20)29-30(19)27(38-25(16)21)17-8-10-22(34-2)26(35-3)24(17)28(31)32/h4-10,13,19,27H,11-12,14H2,1-3H3,(H,31,32)/t19-,27+/m0/s1. The zero-order chi connectivity index (χ0) is 26.4. The summed E-state index contributed by atoms with van der Waals surface area (Å²) >= 11 is 0. The fourth-order valence-electron chi connectivity index (χ4n) is 5.22. The quantitative estimate of drug-likeness (QED) is 0.507. The number of hydrogen-bond donors (Lipinski definition) is 1. The lowest BCUT2D eigenvalue weighted by molar-refractivity contribution is -0.0217. The van der Waals surface area contributed by atoms with Gasteiger partial charge in [0.05, 0.1) is 33.1 Å². The number of ether oxygens (including phenoxy) is 6. The second-order valence-corrected chi connectivity index (χ2v) is 8.92. The van der Waals surface area contributed by atoms with Crippen molar-refractivity contribution in [1.29, 1.82) is 0 Å². The van der Waals surface area contributed by atoms with Gasteiger partial charge in [0.2, 0.25) is 6.23 Å². The van der Waals surface area contributed by atoms with E-state index < -0.39 is 12.2 Å². The van der Waals surface area contributed by atoms with Crippen LogP contribution >= 0.6 is 0 Å². The lowest BCUT2D eigenvalue weighted by Gasteiger charge is -2.39. The molecule has 0 saturated heterocycles. The van der Waals surface area contributed by atoms with Gasteiger partial charge in [0.1, 0.15) is 18.8 Å². The summed E-state index contributed by atoms with van der Waals surface area (Å²) in [6, 6.07) is 14.6. The maximum Gasteiger partial charge on any atom is 0.340 e. The van der Waals surface area contributed by atoms with Crippen molar-refractivity contribution in [3.05, 3.63) is 70.8 Å². The highest BCUT2D eigenvalue weighted by atomic mass is 16.6. The van der Waals surface area contributed by atoms with E-state index in [4.69, 9.17) is 33.5 Å². The molecule has 10 heteroatoms. The molecule has 0 spiro atoms. The molecule has 3 aromatic rings. The van der Waals surface area contributed by atoms with Crippen LogP contribution in [0, 0.1) is 0 Å².